The standard InChI is InChI=1S/C21H31NO2/c1-19-8-5-15(23)13-14(19)3-4-16-17(19)6-9-20(2)18(16)7-10-21(20,24)11-12-22/h3,15-18,23-24H,4-11,13H2,1-2H3/t15-,16+,17-,18+,19+,20+,21-/m0/s1. The molecule has 4 aliphatic carbocycles. The van der Waals surface area contributed by atoms with E-state index < -0.39 is 5.60 Å². The SMILES string of the molecule is C[C@@]12CC[C@H](O)CC1=CC[C@H]1[C@H]3CC[C@](O)(CC#N)[C@]3(C)CC[C@@H]12. The minimum atomic E-state index is -0.787. The van der Waals surface area contributed by atoms with E-state index in [4.69, 9.17) is 0 Å². The summed E-state index contributed by atoms with van der Waals surface area (Å²) in [6.45, 7) is 4.69. The number of allylic oxidation sites excluding steroid dienone is 1. The number of hydrogen-bond acceptors (Lipinski definition) is 3. The van der Waals surface area contributed by atoms with Crippen LogP contribution >= 0.6 is 0 Å². The molecular formula is C21H31NO2. The van der Waals surface area contributed by atoms with Crippen molar-refractivity contribution in [3.63, 3.8) is 0 Å². The highest BCUT2D eigenvalue weighted by Gasteiger charge is 2.63. The van der Waals surface area contributed by atoms with Gasteiger partial charge in [0.25, 0.3) is 0 Å². The van der Waals surface area contributed by atoms with E-state index in [1.807, 2.05) is 0 Å². The molecule has 0 aliphatic heterocycles. The maximum atomic E-state index is 11.2. The fourth-order valence-corrected chi connectivity index (χ4v) is 7.17. The maximum Gasteiger partial charge on any atom is 0.0833 e. The third kappa shape index (κ3) is 2.02. The molecule has 0 aromatic rings. The highest BCUT2D eigenvalue weighted by molar-refractivity contribution is 5.26. The van der Waals surface area contributed by atoms with Gasteiger partial charge in [-0.15, -0.1) is 0 Å². The van der Waals surface area contributed by atoms with Gasteiger partial charge in [0.1, 0.15) is 0 Å². The van der Waals surface area contributed by atoms with Gasteiger partial charge in [-0.05, 0) is 74.5 Å². The molecule has 4 aliphatic rings. The van der Waals surface area contributed by atoms with Crippen LogP contribution in [0.4, 0.5) is 0 Å². The highest BCUT2D eigenvalue weighted by atomic mass is 16.3. The lowest BCUT2D eigenvalue weighted by molar-refractivity contribution is -0.122. The fourth-order valence-electron chi connectivity index (χ4n) is 7.17. The van der Waals surface area contributed by atoms with Crippen molar-refractivity contribution in [2.45, 2.75) is 83.3 Å². The van der Waals surface area contributed by atoms with Gasteiger partial charge in [-0.3, -0.25) is 0 Å². The zero-order valence-corrected chi connectivity index (χ0v) is 15.1. The molecule has 0 aromatic heterocycles. The molecule has 3 saturated carbocycles. The lowest BCUT2D eigenvalue weighted by Gasteiger charge is -2.58. The van der Waals surface area contributed by atoms with Gasteiger partial charge in [0, 0.05) is 5.41 Å². The number of rotatable bonds is 1. The van der Waals surface area contributed by atoms with E-state index in [9.17, 15) is 15.5 Å². The minimum Gasteiger partial charge on any atom is -0.393 e. The normalized spacial score (nSPS) is 53.4. The van der Waals surface area contributed by atoms with Gasteiger partial charge in [0.05, 0.1) is 24.2 Å². The van der Waals surface area contributed by atoms with Crippen molar-refractivity contribution in [1.82, 2.24) is 0 Å². The van der Waals surface area contributed by atoms with Gasteiger partial charge in [0.2, 0.25) is 0 Å². The third-order valence-corrected chi connectivity index (χ3v) is 8.77. The first-order chi connectivity index (χ1) is 11.3. The molecule has 2 N–H and O–H groups in total. The van der Waals surface area contributed by atoms with Crippen LogP contribution in [0, 0.1) is 39.9 Å². The molecule has 0 unspecified atom stereocenters. The predicted molar refractivity (Wildman–Crippen MR) is 92.9 cm³/mol. The predicted octanol–water partition coefficient (Wildman–Crippen LogP) is 3.95. The first-order valence-corrected chi connectivity index (χ1v) is 9.81. The molecule has 0 spiro atoms. The summed E-state index contributed by atoms with van der Waals surface area (Å²) in [6.07, 6.45) is 10.6. The van der Waals surface area contributed by atoms with E-state index in [1.54, 1.807) is 0 Å². The van der Waals surface area contributed by atoms with E-state index in [-0.39, 0.29) is 23.4 Å². The molecule has 0 radical (unpaired) electrons. The Hall–Kier alpha value is -0.850. The highest BCUT2D eigenvalue weighted by Crippen LogP contribution is 2.67. The van der Waals surface area contributed by atoms with Crippen LogP contribution in [0.2, 0.25) is 0 Å². The van der Waals surface area contributed by atoms with E-state index in [2.05, 4.69) is 26.0 Å². The van der Waals surface area contributed by atoms with Crippen LogP contribution in [0.15, 0.2) is 11.6 Å². The first-order valence-electron chi connectivity index (χ1n) is 9.81. The van der Waals surface area contributed by atoms with E-state index in [1.165, 1.54) is 5.57 Å². The van der Waals surface area contributed by atoms with E-state index in [0.29, 0.717) is 17.8 Å². The Bertz CT molecular complexity index is 607. The fraction of sp³-hybridized carbons (Fsp3) is 0.857. The van der Waals surface area contributed by atoms with Crippen LogP contribution in [0.1, 0.15) is 71.6 Å². The Kier molecular flexibility index (Phi) is 3.68. The van der Waals surface area contributed by atoms with Crippen molar-refractivity contribution in [2.75, 3.05) is 0 Å². The van der Waals surface area contributed by atoms with Crippen molar-refractivity contribution in [2.24, 2.45) is 28.6 Å². The molecule has 7 atom stereocenters. The maximum absolute atomic E-state index is 11.2. The Morgan fingerprint density at radius 2 is 1.92 bits per heavy atom. The topological polar surface area (TPSA) is 64.2 Å². The van der Waals surface area contributed by atoms with Crippen molar-refractivity contribution >= 4 is 0 Å². The molecule has 0 aromatic carbocycles. The second kappa shape index (κ2) is 5.32. The molecule has 132 valence electrons. The molecule has 0 amide bonds. The molecule has 24 heavy (non-hydrogen) atoms. The summed E-state index contributed by atoms with van der Waals surface area (Å²) in [6, 6.07) is 2.25. The number of nitrogens with zero attached hydrogens (tertiary/aromatic N) is 1. The molecule has 0 saturated heterocycles. The summed E-state index contributed by atoms with van der Waals surface area (Å²) >= 11 is 0. The summed E-state index contributed by atoms with van der Waals surface area (Å²) in [7, 11) is 0. The van der Waals surface area contributed by atoms with Gasteiger partial charge in [-0.25, -0.2) is 0 Å². The summed E-state index contributed by atoms with van der Waals surface area (Å²) in [5, 5.41) is 30.5. The smallest absolute Gasteiger partial charge is 0.0833 e. The van der Waals surface area contributed by atoms with E-state index >= 15 is 0 Å². The summed E-state index contributed by atoms with van der Waals surface area (Å²) < 4.78 is 0. The molecule has 0 heterocycles. The van der Waals surface area contributed by atoms with Crippen LogP contribution in [-0.4, -0.2) is 21.9 Å². The Labute approximate surface area is 145 Å². The summed E-state index contributed by atoms with van der Waals surface area (Å²) in [5.41, 5.74) is 0.862. The quantitative estimate of drug-likeness (QED) is 0.716. The van der Waals surface area contributed by atoms with Gasteiger partial charge < -0.3 is 10.2 Å². The average Bonchev–Trinajstić information content (AvgIpc) is 2.80. The van der Waals surface area contributed by atoms with Crippen molar-refractivity contribution < 1.29 is 10.2 Å². The van der Waals surface area contributed by atoms with Gasteiger partial charge in [-0.2, -0.15) is 5.26 Å². The Morgan fingerprint density at radius 1 is 1.17 bits per heavy atom. The monoisotopic (exact) mass is 329 g/mol. The Balaban J connectivity index is 1.67. The molecule has 3 fully saturated rings. The molecule has 3 heteroatoms. The average molecular weight is 329 g/mol. The lowest BCUT2D eigenvalue weighted by atomic mass is 9.47. The molecular weight excluding hydrogens is 298 g/mol. The second-order valence-electron chi connectivity index (χ2n) is 9.52. The zero-order chi connectivity index (χ0) is 17.2. The largest absolute Gasteiger partial charge is 0.393 e. The van der Waals surface area contributed by atoms with Crippen molar-refractivity contribution in [3.8, 4) is 6.07 Å². The minimum absolute atomic E-state index is 0.0974. The lowest BCUT2D eigenvalue weighted by Crippen LogP contribution is -2.54. The van der Waals surface area contributed by atoms with Gasteiger partial charge in [0.15, 0.2) is 0 Å². The third-order valence-electron chi connectivity index (χ3n) is 8.77. The van der Waals surface area contributed by atoms with Gasteiger partial charge >= 0.3 is 0 Å². The van der Waals surface area contributed by atoms with Crippen LogP contribution in [0.5, 0.6) is 0 Å². The molecule has 4 rings (SSSR count). The van der Waals surface area contributed by atoms with Crippen LogP contribution < -0.4 is 0 Å². The van der Waals surface area contributed by atoms with Crippen molar-refractivity contribution in [3.05, 3.63) is 11.6 Å². The Morgan fingerprint density at radius 3 is 2.67 bits per heavy atom. The number of fused-ring (bicyclic) bond motifs is 5. The van der Waals surface area contributed by atoms with Crippen LogP contribution in [0.3, 0.4) is 0 Å². The molecule has 3 nitrogen and oxygen atoms in total. The second-order valence-corrected chi connectivity index (χ2v) is 9.52. The van der Waals surface area contributed by atoms with E-state index in [0.717, 1.165) is 51.4 Å². The van der Waals surface area contributed by atoms with Crippen molar-refractivity contribution in [1.29, 1.82) is 5.26 Å². The first kappa shape index (κ1) is 16.6. The number of nitriles is 1. The number of aliphatic hydroxyl groups is 2. The molecule has 0 bridgehead atoms. The summed E-state index contributed by atoms with van der Waals surface area (Å²) in [5.74, 6) is 1.86. The van der Waals surface area contributed by atoms with Crippen LogP contribution in [0.25, 0.3) is 0 Å². The summed E-state index contributed by atoms with van der Waals surface area (Å²) in [4.78, 5) is 0. The van der Waals surface area contributed by atoms with Gasteiger partial charge in [-0.1, -0.05) is 25.5 Å². The zero-order valence-electron chi connectivity index (χ0n) is 15.1. The van der Waals surface area contributed by atoms with Crippen LogP contribution in [-0.2, 0) is 0 Å². The number of aliphatic hydroxyl groups excluding tert-OH is 1. The number of hydrogen-bond donors (Lipinski definition) is 2.